The topological polar surface area (TPSA) is 130 Å². The molecule has 8 nitrogen and oxygen atoms in total. The van der Waals surface area contributed by atoms with Crippen molar-refractivity contribution in [2.75, 3.05) is 10.7 Å². The fraction of sp³-hybridized carbons (Fsp3) is 0. The average Bonchev–Trinajstić information content (AvgIpc) is 2.47. The highest BCUT2D eigenvalue weighted by Gasteiger charge is 2.17. The maximum atomic E-state index is 11.0. The number of halogens is 1. The first-order valence-electron chi connectivity index (χ1n) is 5.64. The predicted molar refractivity (Wildman–Crippen MR) is 80.8 cm³/mol. The molecular formula is C12H9BrN6O2. The van der Waals surface area contributed by atoms with Crippen molar-refractivity contribution in [2.24, 2.45) is 5.84 Å². The van der Waals surface area contributed by atoms with Gasteiger partial charge in [0, 0.05) is 10.5 Å². The molecule has 1 aromatic heterocycles. The van der Waals surface area contributed by atoms with Gasteiger partial charge in [0.25, 0.3) is 0 Å². The summed E-state index contributed by atoms with van der Waals surface area (Å²) in [6.07, 6.45) is 0. The first-order chi connectivity index (χ1) is 10.0. The van der Waals surface area contributed by atoms with Gasteiger partial charge in [0.15, 0.2) is 0 Å². The second-order valence-corrected chi connectivity index (χ2v) is 4.81. The number of hydrogen-bond donors (Lipinski definition) is 3. The van der Waals surface area contributed by atoms with E-state index in [0.29, 0.717) is 11.3 Å². The highest BCUT2D eigenvalue weighted by atomic mass is 79.9. The lowest BCUT2D eigenvalue weighted by molar-refractivity contribution is -0.384. The molecule has 0 bridgehead atoms. The summed E-state index contributed by atoms with van der Waals surface area (Å²) in [5.41, 5.74) is 2.82. The van der Waals surface area contributed by atoms with E-state index in [1.807, 2.05) is 6.07 Å². The normalized spacial score (nSPS) is 9.76. The van der Waals surface area contributed by atoms with Crippen LogP contribution in [0.3, 0.4) is 0 Å². The second kappa shape index (κ2) is 6.17. The summed E-state index contributed by atoms with van der Waals surface area (Å²) in [4.78, 5) is 14.5. The smallest absolute Gasteiger partial charge is 0.311 e. The Morgan fingerprint density at radius 3 is 2.76 bits per heavy atom. The largest absolute Gasteiger partial charge is 0.333 e. The Hall–Kier alpha value is -2.70. The van der Waals surface area contributed by atoms with Crippen LogP contribution in [-0.2, 0) is 0 Å². The molecule has 21 heavy (non-hydrogen) atoms. The highest BCUT2D eigenvalue weighted by molar-refractivity contribution is 9.10. The molecule has 0 unspecified atom stereocenters. The van der Waals surface area contributed by atoms with Crippen molar-refractivity contribution in [2.45, 2.75) is 0 Å². The molecule has 0 saturated heterocycles. The lowest BCUT2D eigenvalue weighted by atomic mass is 10.2. The summed E-state index contributed by atoms with van der Waals surface area (Å²) < 4.78 is 0.722. The highest BCUT2D eigenvalue weighted by Crippen LogP contribution is 2.29. The van der Waals surface area contributed by atoms with Gasteiger partial charge in [0.1, 0.15) is 11.9 Å². The van der Waals surface area contributed by atoms with Crippen LogP contribution < -0.4 is 16.6 Å². The Labute approximate surface area is 127 Å². The molecule has 0 spiro atoms. The van der Waals surface area contributed by atoms with Crippen molar-refractivity contribution in [3.63, 3.8) is 0 Å². The number of nitrogens with two attached hydrogens (primary N) is 1. The maximum Gasteiger partial charge on any atom is 0.311 e. The van der Waals surface area contributed by atoms with Gasteiger partial charge in [-0.15, -0.1) is 0 Å². The van der Waals surface area contributed by atoms with E-state index in [4.69, 9.17) is 11.1 Å². The van der Waals surface area contributed by atoms with E-state index in [1.54, 1.807) is 18.2 Å². The van der Waals surface area contributed by atoms with Crippen molar-refractivity contribution < 1.29 is 4.92 Å². The summed E-state index contributed by atoms with van der Waals surface area (Å²) in [6, 6.07) is 9.57. The molecule has 0 saturated carbocycles. The zero-order chi connectivity index (χ0) is 15.4. The molecule has 0 aliphatic heterocycles. The lowest BCUT2D eigenvalue weighted by Gasteiger charge is -2.09. The molecule has 1 heterocycles. The molecule has 0 aliphatic rings. The van der Waals surface area contributed by atoms with E-state index >= 15 is 0 Å². The van der Waals surface area contributed by atoms with Crippen LogP contribution >= 0.6 is 15.9 Å². The SMILES string of the molecule is N#Cc1ccc(Br)cc1Nc1nc(NN)ccc1[N+](=O)[O-]. The number of rotatable bonds is 4. The van der Waals surface area contributed by atoms with Gasteiger partial charge in [-0.3, -0.25) is 10.1 Å². The molecule has 1 aromatic carbocycles. The zero-order valence-electron chi connectivity index (χ0n) is 10.5. The van der Waals surface area contributed by atoms with Crippen LogP contribution in [0.15, 0.2) is 34.8 Å². The van der Waals surface area contributed by atoms with Crippen molar-refractivity contribution in [1.82, 2.24) is 4.98 Å². The number of nitrogens with zero attached hydrogens (tertiary/aromatic N) is 3. The number of benzene rings is 1. The lowest BCUT2D eigenvalue weighted by Crippen LogP contribution is -2.10. The standard InChI is InChI=1S/C12H9BrN6O2/c13-8-2-1-7(6-14)9(5-8)16-12-10(19(20)21)3-4-11(17-12)18-15/h1-5H,15H2,(H2,16,17,18). The van der Waals surface area contributed by atoms with E-state index in [9.17, 15) is 10.1 Å². The Kier molecular flexibility index (Phi) is 4.32. The molecule has 106 valence electrons. The third-order valence-corrected chi connectivity index (χ3v) is 3.07. The van der Waals surface area contributed by atoms with Gasteiger partial charge in [-0.1, -0.05) is 15.9 Å². The Balaban J connectivity index is 2.50. The van der Waals surface area contributed by atoms with E-state index in [2.05, 4.69) is 31.7 Å². The van der Waals surface area contributed by atoms with Gasteiger partial charge in [-0.25, -0.2) is 10.8 Å². The number of hydrazine groups is 1. The summed E-state index contributed by atoms with van der Waals surface area (Å²) in [5.74, 6) is 5.50. The van der Waals surface area contributed by atoms with Crippen molar-refractivity contribution in [1.29, 1.82) is 5.26 Å². The number of anilines is 3. The molecule has 0 radical (unpaired) electrons. The number of nitrogens with one attached hydrogen (secondary N) is 2. The average molecular weight is 349 g/mol. The second-order valence-electron chi connectivity index (χ2n) is 3.89. The van der Waals surface area contributed by atoms with Gasteiger partial charge in [-0.05, 0) is 24.3 Å². The summed E-state index contributed by atoms with van der Waals surface area (Å²) in [5, 5.41) is 22.9. The quantitative estimate of drug-likeness (QED) is 0.439. The van der Waals surface area contributed by atoms with E-state index in [1.165, 1.54) is 12.1 Å². The molecule has 2 aromatic rings. The summed E-state index contributed by atoms with van der Waals surface area (Å²) >= 11 is 3.28. The maximum absolute atomic E-state index is 11.0. The van der Waals surface area contributed by atoms with Crippen molar-refractivity contribution in [3.8, 4) is 6.07 Å². The van der Waals surface area contributed by atoms with Gasteiger partial charge >= 0.3 is 5.69 Å². The zero-order valence-corrected chi connectivity index (χ0v) is 12.1. The third kappa shape index (κ3) is 3.25. The molecule has 0 aliphatic carbocycles. The molecule has 2 rings (SSSR count). The minimum atomic E-state index is -0.570. The van der Waals surface area contributed by atoms with Crippen LogP contribution in [0.5, 0.6) is 0 Å². The molecule has 4 N–H and O–H groups in total. The molecular weight excluding hydrogens is 340 g/mol. The number of nitrogen functional groups attached to an aromatic ring is 1. The number of pyridine rings is 1. The number of hydrogen-bond acceptors (Lipinski definition) is 7. The minimum Gasteiger partial charge on any atom is -0.333 e. The fourth-order valence-electron chi connectivity index (χ4n) is 1.62. The Morgan fingerprint density at radius 1 is 1.38 bits per heavy atom. The van der Waals surface area contributed by atoms with Crippen LogP contribution in [-0.4, -0.2) is 9.91 Å². The molecule has 0 atom stereocenters. The van der Waals surface area contributed by atoms with Crippen LogP contribution in [0.4, 0.5) is 23.0 Å². The van der Waals surface area contributed by atoms with Crippen LogP contribution in [0, 0.1) is 21.4 Å². The predicted octanol–water partition coefficient (Wildman–Crippen LogP) is 2.65. The van der Waals surface area contributed by atoms with Gasteiger partial charge < -0.3 is 10.7 Å². The van der Waals surface area contributed by atoms with Gasteiger partial charge in [0.2, 0.25) is 5.82 Å². The first-order valence-corrected chi connectivity index (χ1v) is 6.43. The van der Waals surface area contributed by atoms with Crippen molar-refractivity contribution in [3.05, 3.63) is 50.5 Å². The summed E-state index contributed by atoms with van der Waals surface area (Å²) in [7, 11) is 0. The Bertz CT molecular complexity index is 743. The molecule has 9 heteroatoms. The molecule has 0 amide bonds. The third-order valence-electron chi connectivity index (χ3n) is 2.57. The number of nitriles is 1. The van der Waals surface area contributed by atoms with E-state index in [0.717, 1.165) is 4.47 Å². The molecule has 0 fully saturated rings. The van der Waals surface area contributed by atoms with E-state index in [-0.39, 0.29) is 17.3 Å². The monoisotopic (exact) mass is 348 g/mol. The van der Waals surface area contributed by atoms with Crippen LogP contribution in [0.1, 0.15) is 5.56 Å². The minimum absolute atomic E-state index is 0.00921. The summed E-state index contributed by atoms with van der Waals surface area (Å²) in [6.45, 7) is 0. The van der Waals surface area contributed by atoms with Crippen LogP contribution in [0.25, 0.3) is 0 Å². The fourth-order valence-corrected chi connectivity index (χ4v) is 1.98. The Morgan fingerprint density at radius 2 is 2.14 bits per heavy atom. The van der Waals surface area contributed by atoms with Crippen LogP contribution in [0.2, 0.25) is 0 Å². The number of aromatic nitrogens is 1. The first kappa shape index (κ1) is 14.7. The van der Waals surface area contributed by atoms with E-state index < -0.39 is 4.92 Å². The van der Waals surface area contributed by atoms with Gasteiger partial charge in [0.05, 0.1) is 16.2 Å². The number of nitro groups is 1. The van der Waals surface area contributed by atoms with Crippen molar-refractivity contribution >= 4 is 38.9 Å². The van der Waals surface area contributed by atoms with Gasteiger partial charge in [-0.2, -0.15) is 5.26 Å².